The minimum atomic E-state index is -1.05. The number of hydrogen-bond donors (Lipinski definition) is 2. The van der Waals surface area contributed by atoms with E-state index in [-0.39, 0.29) is 5.91 Å². The Bertz CT molecular complexity index is 886. The molecule has 0 aliphatic rings. The highest BCUT2D eigenvalue weighted by Crippen LogP contribution is 2.20. The lowest BCUT2D eigenvalue weighted by molar-refractivity contribution is -0.116. The van der Waals surface area contributed by atoms with E-state index in [9.17, 15) is 9.00 Å². The number of carbonyl (C=O) groups excluding carboxylic acids is 1. The van der Waals surface area contributed by atoms with E-state index in [0.717, 1.165) is 18.4 Å². The van der Waals surface area contributed by atoms with Crippen molar-refractivity contribution in [2.45, 2.75) is 24.2 Å². The second-order valence-corrected chi connectivity index (χ2v) is 7.12. The lowest BCUT2D eigenvalue weighted by Crippen LogP contribution is -2.11. The number of aromatic amines is 1. The van der Waals surface area contributed by atoms with Gasteiger partial charge in [0.15, 0.2) is 0 Å². The van der Waals surface area contributed by atoms with Gasteiger partial charge in [-0.05, 0) is 42.7 Å². The topological polar surface area (TPSA) is 62.0 Å². The molecule has 2 N–H and O–H groups in total. The van der Waals surface area contributed by atoms with Crippen molar-refractivity contribution in [2.24, 2.45) is 0 Å². The summed E-state index contributed by atoms with van der Waals surface area (Å²) < 4.78 is 11.5. The molecule has 1 atom stereocenters. The predicted molar refractivity (Wildman–Crippen MR) is 98.6 cm³/mol. The van der Waals surface area contributed by atoms with Crippen LogP contribution in [0, 0.1) is 0 Å². The molecular weight excluding hydrogens is 320 g/mol. The number of aryl methyl sites for hydroxylation is 1. The van der Waals surface area contributed by atoms with Gasteiger partial charge in [-0.2, -0.15) is 0 Å². The van der Waals surface area contributed by atoms with Crippen LogP contribution in [-0.4, -0.2) is 21.4 Å². The Hall–Kier alpha value is -2.40. The largest absolute Gasteiger partial charge is 0.361 e. The van der Waals surface area contributed by atoms with E-state index in [1.54, 1.807) is 24.5 Å². The van der Waals surface area contributed by atoms with Gasteiger partial charge in [-0.25, -0.2) is 0 Å². The normalized spacial score (nSPS) is 12.2. The number of fused-ring (bicyclic) bond motifs is 1. The summed E-state index contributed by atoms with van der Waals surface area (Å²) in [6.07, 6.45) is 5.74. The van der Waals surface area contributed by atoms with Crippen molar-refractivity contribution in [2.75, 3.05) is 11.6 Å². The van der Waals surface area contributed by atoms with Crippen molar-refractivity contribution in [1.82, 2.24) is 4.98 Å². The number of anilines is 1. The fraction of sp³-hybridized carbons (Fsp3) is 0.211. The summed E-state index contributed by atoms with van der Waals surface area (Å²) in [7, 11) is -1.05. The summed E-state index contributed by atoms with van der Waals surface area (Å²) in [5, 5.41) is 4.09. The third-order valence-electron chi connectivity index (χ3n) is 3.97. The summed E-state index contributed by atoms with van der Waals surface area (Å²) in [5.74, 6) is -0.0196. The van der Waals surface area contributed by atoms with Crippen LogP contribution in [0.15, 0.2) is 59.6 Å². The van der Waals surface area contributed by atoms with Crippen LogP contribution in [0.1, 0.15) is 18.4 Å². The lowest BCUT2D eigenvalue weighted by Gasteiger charge is -2.06. The number of H-pyrrole nitrogens is 1. The number of benzene rings is 2. The van der Waals surface area contributed by atoms with Crippen LogP contribution in [0.5, 0.6) is 0 Å². The molecule has 1 aromatic heterocycles. The lowest BCUT2D eigenvalue weighted by atomic mass is 10.1. The molecule has 4 nitrogen and oxygen atoms in total. The molecule has 0 saturated carbocycles. The van der Waals surface area contributed by atoms with Crippen LogP contribution in [0.2, 0.25) is 0 Å². The van der Waals surface area contributed by atoms with E-state index < -0.39 is 10.8 Å². The van der Waals surface area contributed by atoms with Gasteiger partial charge in [0.25, 0.3) is 0 Å². The first kappa shape index (κ1) is 16.5. The van der Waals surface area contributed by atoms with Crippen LogP contribution in [-0.2, 0) is 22.0 Å². The van der Waals surface area contributed by atoms with Crippen molar-refractivity contribution in [3.8, 4) is 0 Å². The van der Waals surface area contributed by atoms with Gasteiger partial charge in [0.05, 0.1) is 0 Å². The highest BCUT2D eigenvalue weighted by atomic mass is 32.2. The number of rotatable bonds is 6. The third kappa shape index (κ3) is 3.92. The highest BCUT2D eigenvalue weighted by Gasteiger charge is 2.07. The fourth-order valence-corrected chi connectivity index (χ4v) is 3.32. The molecule has 0 bridgehead atoms. The molecule has 0 saturated heterocycles. The van der Waals surface area contributed by atoms with E-state index in [1.165, 1.54) is 10.9 Å². The summed E-state index contributed by atoms with van der Waals surface area (Å²) in [4.78, 5) is 16.1. The molecule has 1 unspecified atom stereocenters. The predicted octanol–water partition coefficient (Wildman–Crippen LogP) is 3.87. The molecule has 0 fully saturated rings. The number of amides is 1. The van der Waals surface area contributed by atoms with Crippen molar-refractivity contribution in [1.29, 1.82) is 0 Å². The first-order valence-electron chi connectivity index (χ1n) is 7.92. The molecule has 0 spiro atoms. The van der Waals surface area contributed by atoms with Gasteiger partial charge in [-0.1, -0.05) is 24.3 Å². The van der Waals surface area contributed by atoms with Gasteiger partial charge in [0.1, 0.15) is 0 Å². The SMILES string of the molecule is CS(=O)c1cccc(NC(=O)CCCc2c[nH]c3ccccc23)c1. The summed E-state index contributed by atoms with van der Waals surface area (Å²) in [6.45, 7) is 0. The maximum Gasteiger partial charge on any atom is 0.224 e. The molecule has 0 aliphatic carbocycles. The second-order valence-electron chi connectivity index (χ2n) is 5.74. The van der Waals surface area contributed by atoms with Crippen molar-refractivity contribution < 1.29 is 9.00 Å². The van der Waals surface area contributed by atoms with Gasteiger partial charge in [-0.3, -0.25) is 9.00 Å². The zero-order chi connectivity index (χ0) is 16.9. The van der Waals surface area contributed by atoms with Crippen LogP contribution < -0.4 is 5.32 Å². The second kappa shape index (κ2) is 7.45. The molecule has 3 aromatic rings. The number of carbonyl (C=O) groups is 1. The average Bonchev–Trinajstić information content (AvgIpc) is 2.98. The molecule has 5 heteroatoms. The quantitative estimate of drug-likeness (QED) is 0.715. The minimum absolute atomic E-state index is 0.0196. The van der Waals surface area contributed by atoms with Gasteiger partial charge in [0.2, 0.25) is 5.91 Å². The van der Waals surface area contributed by atoms with Gasteiger partial charge >= 0.3 is 0 Å². The maximum absolute atomic E-state index is 12.1. The minimum Gasteiger partial charge on any atom is -0.361 e. The van der Waals surface area contributed by atoms with Crippen LogP contribution in [0.3, 0.4) is 0 Å². The number of hydrogen-bond acceptors (Lipinski definition) is 2. The van der Waals surface area contributed by atoms with Gasteiger partial charge < -0.3 is 10.3 Å². The Labute approximate surface area is 143 Å². The fourth-order valence-electron chi connectivity index (χ4n) is 2.75. The third-order valence-corrected chi connectivity index (χ3v) is 4.89. The zero-order valence-corrected chi connectivity index (χ0v) is 14.4. The van der Waals surface area contributed by atoms with Crippen molar-refractivity contribution in [3.63, 3.8) is 0 Å². The standard InChI is InChI=1S/C19H20N2O2S/c1-24(23)16-8-5-7-15(12-16)21-19(22)11-4-6-14-13-20-18-10-3-2-9-17(14)18/h2-3,5,7-10,12-13,20H,4,6,11H2,1H3,(H,21,22). The van der Waals surface area contributed by atoms with Gasteiger partial charge in [-0.15, -0.1) is 0 Å². The van der Waals surface area contributed by atoms with Crippen LogP contribution in [0.25, 0.3) is 10.9 Å². The van der Waals surface area contributed by atoms with E-state index >= 15 is 0 Å². The zero-order valence-electron chi connectivity index (χ0n) is 13.5. The summed E-state index contributed by atoms with van der Waals surface area (Å²) >= 11 is 0. The van der Waals surface area contributed by atoms with Crippen LogP contribution in [0.4, 0.5) is 5.69 Å². The molecule has 2 aromatic carbocycles. The van der Waals surface area contributed by atoms with E-state index in [0.29, 0.717) is 17.0 Å². The summed E-state index contributed by atoms with van der Waals surface area (Å²) in [6, 6.07) is 15.3. The van der Waals surface area contributed by atoms with Crippen molar-refractivity contribution in [3.05, 3.63) is 60.3 Å². The first-order chi connectivity index (χ1) is 11.6. The Morgan fingerprint density at radius 1 is 1.17 bits per heavy atom. The molecule has 0 aliphatic heterocycles. The van der Waals surface area contributed by atoms with E-state index in [2.05, 4.69) is 22.4 Å². The summed E-state index contributed by atoms with van der Waals surface area (Å²) in [5.41, 5.74) is 3.06. The van der Waals surface area contributed by atoms with Gasteiger partial charge in [0, 0.05) is 51.2 Å². The Morgan fingerprint density at radius 3 is 2.83 bits per heavy atom. The Morgan fingerprint density at radius 2 is 2.00 bits per heavy atom. The maximum atomic E-state index is 12.1. The number of aromatic nitrogens is 1. The van der Waals surface area contributed by atoms with E-state index in [1.807, 2.05) is 24.4 Å². The Balaban J connectivity index is 1.54. The van der Waals surface area contributed by atoms with Crippen molar-refractivity contribution >= 4 is 33.3 Å². The molecule has 1 heterocycles. The highest BCUT2D eigenvalue weighted by molar-refractivity contribution is 7.84. The number of para-hydroxylation sites is 1. The molecule has 0 radical (unpaired) electrons. The molecule has 3 rings (SSSR count). The smallest absolute Gasteiger partial charge is 0.224 e. The molecule has 24 heavy (non-hydrogen) atoms. The number of nitrogens with one attached hydrogen (secondary N) is 2. The Kier molecular flexibility index (Phi) is 5.11. The first-order valence-corrected chi connectivity index (χ1v) is 9.47. The van der Waals surface area contributed by atoms with E-state index in [4.69, 9.17) is 0 Å². The molecule has 1 amide bonds. The average molecular weight is 340 g/mol. The molecule has 124 valence electrons. The monoisotopic (exact) mass is 340 g/mol. The molecular formula is C19H20N2O2S. The van der Waals surface area contributed by atoms with Crippen LogP contribution >= 0.6 is 0 Å².